The standard InChI is InChI=1S/C10H12N2O4S/c1-5-11-7(4-17-5)9(14)12-3-6(13)2-8(12)10(15)16/h4,6,8,13H,2-3H2,1H3,(H,15,16)/t6-,8+/m1/s1. The van der Waals surface area contributed by atoms with E-state index in [2.05, 4.69) is 4.98 Å². The second-order valence-corrected chi connectivity index (χ2v) is 5.02. The van der Waals surface area contributed by atoms with E-state index in [1.54, 1.807) is 12.3 Å². The molecule has 2 heterocycles. The van der Waals surface area contributed by atoms with Crippen LogP contribution < -0.4 is 0 Å². The van der Waals surface area contributed by atoms with Crippen LogP contribution in [0.25, 0.3) is 0 Å². The third-order valence-electron chi connectivity index (χ3n) is 2.66. The summed E-state index contributed by atoms with van der Waals surface area (Å²) in [5.74, 6) is -1.53. The van der Waals surface area contributed by atoms with Crippen molar-refractivity contribution in [2.45, 2.75) is 25.5 Å². The SMILES string of the molecule is Cc1nc(C(=O)N2C[C@H](O)C[C@H]2C(=O)O)cs1. The number of hydrogen-bond acceptors (Lipinski definition) is 5. The van der Waals surface area contributed by atoms with Crippen LogP contribution in [0.4, 0.5) is 0 Å². The Morgan fingerprint density at radius 3 is 2.82 bits per heavy atom. The third kappa shape index (κ3) is 2.29. The molecular weight excluding hydrogens is 244 g/mol. The molecule has 0 unspecified atom stereocenters. The van der Waals surface area contributed by atoms with Gasteiger partial charge in [0.2, 0.25) is 0 Å². The number of amides is 1. The Morgan fingerprint density at radius 1 is 1.59 bits per heavy atom. The lowest BCUT2D eigenvalue weighted by molar-refractivity contribution is -0.141. The summed E-state index contributed by atoms with van der Waals surface area (Å²) in [6.45, 7) is 1.82. The summed E-state index contributed by atoms with van der Waals surface area (Å²) in [6.07, 6.45) is -0.704. The fraction of sp³-hybridized carbons (Fsp3) is 0.500. The van der Waals surface area contributed by atoms with Gasteiger partial charge in [-0.05, 0) is 6.92 Å². The number of carboxylic acid groups (broad SMARTS) is 1. The van der Waals surface area contributed by atoms with Crippen molar-refractivity contribution < 1.29 is 19.8 Å². The molecule has 0 spiro atoms. The second kappa shape index (κ2) is 4.42. The van der Waals surface area contributed by atoms with Crippen LogP contribution in [-0.4, -0.2) is 50.7 Å². The van der Waals surface area contributed by atoms with Gasteiger partial charge in [-0.1, -0.05) is 0 Å². The molecule has 1 aromatic rings. The molecule has 2 atom stereocenters. The Bertz CT molecular complexity index is 459. The van der Waals surface area contributed by atoms with Gasteiger partial charge < -0.3 is 15.1 Å². The number of carbonyl (C=O) groups is 2. The van der Waals surface area contributed by atoms with Gasteiger partial charge in [0.1, 0.15) is 11.7 Å². The van der Waals surface area contributed by atoms with Crippen molar-refractivity contribution >= 4 is 23.2 Å². The number of aliphatic carboxylic acids is 1. The molecule has 1 amide bonds. The zero-order chi connectivity index (χ0) is 12.6. The highest BCUT2D eigenvalue weighted by Crippen LogP contribution is 2.21. The lowest BCUT2D eigenvalue weighted by Crippen LogP contribution is -2.40. The molecule has 0 aromatic carbocycles. The topological polar surface area (TPSA) is 90.7 Å². The number of carbonyl (C=O) groups excluding carboxylic acids is 1. The van der Waals surface area contributed by atoms with Crippen LogP contribution in [0.1, 0.15) is 21.9 Å². The van der Waals surface area contributed by atoms with E-state index in [0.717, 1.165) is 5.01 Å². The Balaban J connectivity index is 2.21. The number of aryl methyl sites for hydroxylation is 1. The molecule has 0 saturated carbocycles. The summed E-state index contributed by atoms with van der Waals surface area (Å²) in [7, 11) is 0. The second-order valence-electron chi connectivity index (χ2n) is 3.95. The van der Waals surface area contributed by atoms with Gasteiger partial charge in [0.05, 0.1) is 11.1 Å². The van der Waals surface area contributed by atoms with Crippen LogP contribution in [0.3, 0.4) is 0 Å². The molecule has 0 bridgehead atoms. The minimum Gasteiger partial charge on any atom is -0.480 e. The minimum atomic E-state index is -1.10. The summed E-state index contributed by atoms with van der Waals surface area (Å²) in [6, 6.07) is -0.959. The van der Waals surface area contributed by atoms with Crippen molar-refractivity contribution in [1.29, 1.82) is 0 Å². The molecule has 2 N–H and O–H groups in total. The van der Waals surface area contributed by atoms with E-state index in [1.807, 2.05) is 0 Å². The number of hydrogen-bond donors (Lipinski definition) is 2. The van der Waals surface area contributed by atoms with E-state index in [1.165, 1.54) is 16.2 Å². The number of nitrogens with zero attached hydrogens (tertiary/aromatic N) is 2. The van der Waals surface area contributed by atoms with Crippen LogP contribution in [0.5, 0.6) is 0 Å². The van der Waals surface area contributed by atoms with Crippen molar-refractivity contribution in [1.82, 2.24) is 9.88 Å². The van der Waals surface area contributed by atoms with Crippen molar-refractivity contribution in [3.8, 4) is 0 Å². The maximum atomic E-state index is 12.0. The molecule has 6 nitrogen and oxygen atoms in total. The van der Waals surface area contributed by atoms with Crippen LogP contribution in [-0.2, 0) is 4.79 Å². The average molecular weight is 256 g/mol. The molecule has 0 radical (unpaired) electrons. The van der Waals surface area contributed by atoms with E-state index in [9.17, 15) is 14.7 Å². The molecule has 1 aliphatic rings. The first-order valence-electron chi connectivity index (χ1n) is 5.13. The number of thiazole rings is 1. The number of rotatable bonds is 2. The van der Waals surface area contributed by atoms with E-state index in [-0.39, 0.29) is 18.7 Å². The van der Waals surface area contributed by atoms with Gasteiger partial charge in [0, 0.05) is 18.3 Å². The zero-order valence-electron chi connectivity index (χ0n) is 9.16. The number of carboxylic acids is 1. The molecular formula is C10H12N2O4S. The molecule has 0 aliphatic carbocycles. The summed E-state index contributed by atoms with van der Waals surface area (Å²) in [5.41, 5.74) is 0.243. The van der Waals surface area contributed by atoms with Crippen LogP contribution >= 0.6 is 11.3 Å². The van der Waals surface area contributed by atoms with Crippen molar-refractivity contribution in [3.05, 3.63) is 16.1 Å². The van der Waals surface area contributed by atoms with Gasteiger partial charge in [-0.15, -0.1) is 11.3 Å². The Hall–Kier alpha value is -1.47. The molecule has 1 saturated heterocycles. The average Bonchev–Trinajstić information content (AvgIpc) is 2.83. The van der Waals surface area contributed by atoms with Crippen molar-refractivity contribution in [2.75, 3.05) is 6.54 Å². The Kier molecular flexibility index (Phi) is 3.12. The fourth-order valence-electron chi connectivity index (χ4n) is 1.88. The zero-order valence-corrected chi connectivity index (χ0v) is 9.98. The van der Waals surface area contributed by atoms with Gasteiger partial charge in [-0.2, -0.15) is 0 Å². The maximum absolute atomic E-state index is 12.0. The van der Waals surface area contributed by atoms with Gasteiger partial charge in [-0.25, -0.2) is 9.78 Å². The van der Waals surface area contributed by atoms with E-state index in [0.29, 0.717) is 0 Å². The number of aromatic nitrogens is 1. The van der Waals surface area contributed by atoms with E-state index < -0.39 is 24.0 Å². The van der Waals surface area contributed by atoms with Crippen LogP contribution in [0.15, 0.2) is 5.38 Å². The van der Waals surface area contributed by atoms with E-state index in [4.69, 9.17) is 5.11 Å². The lowest BCUT2D eigenvalue weighted by atomic mass is 10.2. The highest BCUT2D eigenvalue weighted by Gasteiger charge is 2.39. The Labute approximate surface area is 102 Å². The number of aliphatic hydroxyl groups is 1. The number of β-amino-alcohol motifs (C(OH)–C–C–N with tert-alkyl or cyclic N) is 1. The molecule has 2 rings (SSSR count). The predicted molar refractivity (Wildman–Crippen MR) is 59.9 cm³/mol. The lowest BCUT2D eigenvalue weighted by Gasteiger charge is -2.19. The molecule has 1 aromatic heterocycles. The number of aliphatic hydroxyl groups excluding tert-OH is 1. The number of likely N-dealkylation sites (tertiary alicyclic amines) is 1. The first-order valence-corrected chi connectivity index (χ1v) is 6.01. The van der Waals surface area contributed by atoms with Crippen LogP contribution in [0.2, 0.25) is 0 Å². The van der Waals surface area contributed by atoms with E-state index >= 15 is 0 Å². The predicted octanol–water partition coefficient (Wildman–Crippen LogP) is 0.112. The molecule has 7 heteroatoms. The first-order chi connectivity index (χ1) is 7.99. The third-order valence-corrected chi connectivity index (χ3v) is 3.44. The highest BCUT2D eigenvalue weighted by molar-refractivity contribution is 7.09. The molecule has 1 aliphatic heterocycles. The van der Waals surface area contributed by atoms with Gasteiger partial charge in [0.15, 0.2) is 0 Å². The smallest absolute Gasteiger partial charge is 0.326 e. The quantitative estimate of drug-likeness (QED) is 0.783. The van der Waals surface area contributed by atoms with Crippen LogP contribution in [0, 0.1) is 6.92 Å². The van der Waals surface area contributed by atoms with Gasteiger partial charge in [0.25, 0.3) is 5.91 Å². The first kappa shape index (κ1) is 12.0. The largest absolute Gasteiger partial charge is 0.480 e. The normalized spacial score (nSPS) is 24.0. The summed E-state index contributed by atoms with van der Waals surface area (Å²) >= 11 is 1.33. The highest BCUT2D eigenvalue weighted by atomic mass is 32.1. The van der Waals surface area contributed by atoms with Gasteiger partial charge in [-0.3, -0.25) is 4.79 Å². The monoisotopic (exact) mass is 256 g/mol. The Morgan fingerprint density at radius 2 is 2.29 bits per heavy atom. The molecule has 1 fully saturated rings. The minimum absolute atomic E-state index is 0.0480. The summed E-state index contributed by atoms with van der Waals surface area (Å²) in [5, 5.41) is 20.8. The summed E-state index contributed by atoms with van der Waals surface area (Å²) < 4.78 is 0. The molecule has 17 heavy (non-hydrogen) atoms. The summed E-state index contributed by atoms with van der Waals surface area (Å²) in [4.78, 5) is 28.2. The maximum Gasteiger partial charge on any atom is 0.326 e. The van der Waals surface area contributed by atoms with Crippen molar-refractivity contribution in [3.63, 3.8) is 0 Å². The van der Waals surface area contributed by atoms with Crippen molar-refractivity contribution in [2.24, 2.45) is 0 Å². The van der Waals surface area contributed by atoms with Gasteiger partial charge >= 0.3 is 5.97 Å². The fourth-order valence-corrected chi connectivity index (χ4v) is 2.47. The molecule has 92 valence electrons.